The Morgan fingerprint density at radius 1 is 1.19 bits per heavy atom. The van der Waals surface area contributed by atoms with Gasteiger partial charge in [-0.15, -0.1) is 0 Å². The maximum absolute atomic E-state index is 12.5. The van der Waals surface area contributed by atoms with E-state index in [0.717, 1.165) is 6.42 Å². The van der Waals surface area contributed by atoms with Crippen molar-refractivity contribution in [2.24, 2.45) is 5.92 Å². The maximum atomic E-state index is 12.5. The number of alkyl halides is 3. The summed E-state index contributed by atoms with van der Waals surface area (Å²) in [5, 5.41) is 2.66. The third-order valence-corrected chi connectivity index (χ3v) is 4.48. The average Bonchev–Trinajstić information content (AvgIpc) is 3.13. The molecule has 2 aliphatic rings. The molecule has 1 aromatic carbocycles. The second-order valence-corrected chi connectivity index (χ2v) is 6.45. The highest BCUT2D eigenvalue weighted by atomic mass is 19.4. The van der Waals surface area contributed by atoms with Crippen molar-refractivity contribution in [2.75, 3.05) is 29.9 Å². The number of hydrogen-bond donors (Lipinski definition) is 1. The Hall–Kier alpha value is -2.58. The number of halogens is 3. The predicted molar refractivity (Wildman–Crippen MR) is 87.4 cm³/mol. The Morgan fingerprint density at radius 2 is 1.92 bits per heavy atom. The van der Waals surface area contributed by atoms with E-state index in [4.69, 9.17) is 0 Å². The first-order valence-electron chi connectivity index (χ1n) is 8.29. The smallest absolute Gasteiger partial charge is 0.333 e. The normalized spacial score (nSPS) is 20.8. The third kappa shape index (κ3) is 3.97. The van der Waals surface area contributed by atoms with Crippen LogP contribution < -0.4 is 10.2 Å². The summed E-state index contributed by atoms with van der Waals surface area (Å²) in [5.74, 6) is -2.11. The molecule has 0 aromatic heterocycles. The number of nitrogens with one attached hydrogen (secondary N) is 1. The van der Waals surface area contributed by atoms with E-state index >= 15 is 0 Å². The fourth-order valence-corrected chi connectivity index (χ4v) is 3.27. The van der Waals surface area contributed by atoms with Crippen molar-refractivity contribution < 1.29 is 27.6 Å². The number of rotatable bonds is 4. The van der Waals surface area contributed by atoms with E-state index in [0.29, 0.717) is 29.2 Å². The summed E-state index contributed by atoms with van der Waals surface area (Å²) < 4.78 is 37.5. The summed E-state index contributed by atoms with van der Waals surface area (Å²) in [6, 6.07) is 6.76. The summed E-state index contributed by atoms with van der Waals surface area (Å²) in [6.45, 7) is -1.07. The molecule has 1 aromatic rings. The van der Waals surface area contributed by atoms with Gasteiger partial charge in [0.25, 0.3) is 0 Å². The quantitative estimate of drug-likeness (QED) is 0.884. The van der Waals surface area contributed by atoms with Gasteiger partial charge in [-0.1, -0.05) is 12.1 Å². The zero-order valence-electron chi connectivity index (χ0n) is 13.9. The summed E-state index contributed by atoms with van der Waals surface area (Å²) in [5.41, 5.74) is 0.967. The molecule has 1 atom stereocenters. The lowest BCUT2D eigenvalue weighted by molar-refractivity contribution is -0.157. The molecule has 26 heavy (non-hydrogen) atoms. The van der Waals surface area contributed by atoms with Crippen LogP contribution in [0.2, 0.25) is 0 Å². The number of anilines is 2. The zero-order chi connectivity index (χ0) is 18.9. The van der Waals surface area contributed by atoms with E-state index < -0.39 is 30.5 Å². The number of nitrogens with zero attached hydrogens (tertiary/aromatic N) is 2. The molecule has 2 fully saturated rings. The lowest BCUT2D eigenvalue weighted by atomic mass is 10.1. The molecule has 0 spiro atoms. The molecule has 6 nitrogen and oxygen atoms in total. The van der Waals surface area contributed by atoms with Crippen LogP contribution in [0.15, 0.2) is 24.3 Å². The van der Waals surface area contributed by atoms with Gasteiger partial charge < -0.3 is 15.1 Å². The van der Waals surface area contributed by atoms with Crippen LogP contribution in [0, 0.1) is 5.92 Å². The Labute approximate surface area is 147 Å². The van der Waals surface area contributed by atoms with Crippen molar-refractivity contribution >= 4 is 29.1 Å². The molecule has 2 saturated heterocycles. The highest BCUT2D eigenvalue weighted by molar-refractivity contribution is 6.03. The Balaban J connectivity index is 1.69. The van der Waals surface area contributed by atoms with Crippen LogP contribution in [-0.2, 0) is 14.4 Å². The van der Waals surface area contributed by atoms with Crippen LogP contribution in [-0.4, -0.2) is 48.4 Å². The largest absolute Gasteiger partial charge is 0.406 e. The van der Waals surface area contributed by atoms with Gasteiger partial charge in [0.2, 0.25) is 17.7 Å². The molecule has 9 heteroatoms. The van der Waals surface area contributed by atoms with Gasteiger partial charge in [-0.25, -0.2) is 0 Å². The van der Waals surface area contributed by atoms with Crippen LogP contribution in [0.3, 0.4) is 0 Å². The monoisotopic (exact) mass is 369 g/mol. The molecule has 0 aliphatic carbocycles. The molecular formula is C17H18F3N3O3. The highest BCUT2D eigenvalue weighted by Gasteiger charge is 2.40. The van der Waals surface area contributed by atoms with Crippen LogP contribution in [0.4, 0.5) is 24.5 Å². The second kappa shape index (κ2) is 6.97. The summed E-state index contributed by atoms with van der Waals surface area (Å²) in [6.07, 6.45) is -3.59. The molecule has 2 heterocycles. The number of carbonyl (C=O) groups excluding carboxylic acids is 3. The minimum atomic E-state index is -4.50. The molecule has 0 bridgehead atoms. The van der Waals surface area contributed by atoms with Crippen molar-refractivity contribution in [1.29, 1.82) is 0 Å². The Bertz CT molecular complexity index is 735. The third-order valence-electron chi connectivity index (χ3n) is 4.48. The van der Waals surface area contributed by atoms with Gasteiger partial charge in [0, 0.05) is 25.9 Å². The van der Waals surface area contributed by atoms with E-state index in [-0.39, 0.29) is 18.9 Å². The number of carbonyl (C=O) groups is 3. The fraction of sp³-hybridized carbons (Fsp3) is 0.471. The van der Waals surface area contributed by atoms with Crippen LogP contribution >= 0.6 is 0 Å². The van der Waals surface area contributed by atoms with Gasteiger partial charge in [-0.2, -0.15) is 13.2 Å². The van der Waals surface area contributed by atoms with Gasteiger partial charge in [-0.05, 0) is 18.6 Å². The minimum absolute atomic E-state index is 0.0425. The molecule has 3 amide bonds. The van der Waals surface area contributed by atoms with E-state index in [9.17, 15) is 27.6 Å². The molecular weight excluding hydrogens is 351 g/mol. The highest BCUT2D eigenvalue weighted by Crippen LogP contribution is 2.31. The molecule has 0 radical (unpaired) electrons. The van der Waals surface area contributed by atoms with E-state index in [1.54, 1.807) is 29.2 Å². The fourth-order valence-electron chi connectivity index (χ4n) is 3.27. The number of amides is 3. The summed E-state index contributed by atoms with van der Waals surface area (Å²) >= 11 is 0. The van der Waals surface area contributed by atoms with Crippen molar-refractivity contribution in [3.05, 3.63) is 24.3 Å². The van der Waals surface area contributed by atoms with E-state index in [1.165, 1.54) is 0 Å². The Morgan fingerprint density at radius 3 is 2.58 bits per heavy atom. The number of benzene rings is 1. The predicted octanol–water partition coefficient (Wildman–Crippen LogP) is 2.16. The van der Waals surface area contributed by atoms with Gasteiger partial charge >= 0.3 is 6.18 Å². The molecule has 3 rings (SSSR count). The lowest BCUT2D eigenvalue weighted by Gasteiger charge is -2.21. The van der Waals surface area contributed by atoms with Crippen molar-refractivity contribution in [3.8, 4) is 0 Å². The topological polar surface area (TPSA) is 69.7 Å². The number of hydrogen-bond acceptors (Lipinski definition) is 3. The van der Waals surface area contributed by atoms with Crippen LogP contribution in [0.1, 0.15) is 19.3 Å². The van der Waals surface area contributed by atoms with Crippen molar-refractivity contribution in [1.82, 2.24) is 4.90 Å². The molecule has 1 N–H and O–H groups in total. The van der Waals surface area contributed by atoms with Gasteiger partial charge in [-0.3, -0.25) is 14.4 Å². The maximum Gasteiger partial charge on any atom is 0.406 e. The SMILES string of the molecule is O=C(Nc1ccccc1N1CCCC1=O)C1CC(=O)N(CC(F)(F)F)C1. The summed E-state index contributed by atoms with van der Waals surface area (Å²) in [7, 11) is 0. The van der Waals surface area contributed by atoms with Crippen LogP contribution in [0.5, 0.6) is 0 Å². The first-order chi connectivity index (χ1) is 12.2. The van der Waals surface area contributed by atoms with E-state index in [1.807, 2.05) is 0 Å². The minimum Gasteiger partial charge on any atom is -0.333 e. The van der Waals surface area contributed by atoms with Gasteiger partial charge in [0.1, 0.15) is 6.54 Å². The summed E-state index contributed by atoms with van der Waals surface area (Å²) in [4.78, 5) is 38.3. The first-order valence-corrected chi connectivity index (χ1v) is 8.29. The van der Waals surface area contributed by atoms with Crippen LogP contribution in [0.25, 0.3) is 0 Å². The van der Waals surface area contributed by atoms with Gasteiger partial charge in [0.05, 0.1) is 17.3 Å². The Kier molecular flexibility index (Phi) is 4.88. The lowest BCUT2D eigenvalue weighted by Crippen LogP contribution is -2.36. The van der Waals surface area contributed by atoms with Crippen molar-refractivity contribution in [3.63, 3.8) is 0 Å². The van der Waals surface area contributed by atoms with E-state index in [2.05, 4.69) is 5.32 Å². The number of para-hydroxylation sites is 2. The molecule has 140 valence electrons. The average molecular weight is 369 g/mol. The first kappa shape index (κ1) is 18.2. The molecule has 1 unspecified atom stereocenters. The van der Waals surface area contributed by atoms with Crippen molar-refractivity contribution in [2.45, 2.75) is 25.4 Å². The second-order valence-electron chi connectivity index (χ2n) is 6.45. The number of likely N-dealkylation sites (tertiary alicyclic amines) is 1. The standard InChI is InChI=1S/C17H18F3N3O3/c18-17(19,20)10-22-9-11(8-15(22)25)16(26)21-12-4-1-2-5-13(12)23-7-3-6-14(23)24/h1-2,4-5,11H,3,6-10H2,(H,21,26). The molecule has 0 saturated carbocycles. The van der Waals surface area contributed by atoms with Gasteiger partial charge in [0.15, 0.2) is 0 Å². The molecule has 2 aliphatic heterocycles. The zero-order valence-corrected chi connectivity index (χ0v) is 13.9.